The first kappa shape index (κ1) is 16.4. The fourth-order valence-corrected chi connectivity index (χ4v) is 3.26. The molecule has 2 heterocycles. The van der Waals surface area contributed by atoms with Gasteiger partial charge < -0.3 is 5.32 Å². The van der Waals surface area contributed by atoms with Crippen LogP contribution in [-0.2, 0) is 13.1 Å². The number of amides is 1. The van der Waals surface area contributed by atoms with Crippen molar-refractivity contribution < 1.29 is 4.79 Å². The van der Waals surface area contributed by atoms with Crippen LogP contribution in [0.1, 0.15) is 21.6 Å². The molecule has 0 aliphatic rings. The molecule has 24 heavy (non-hydrogen) atoms. The lowest BCUT2D eigenvalue weighted by Gasteiger charge is -2.16. The summed E-state index contributed by atoms with van der Waals surface area (Å²) in [6, 6.07) is 9.07. The molecule has 0 fully saturated rings. The van der Waals surface area contributed by atoms with Crippen LogP contribution in [0, 0.1) is 0 Å². The minimum atomic E-state index is -0.0937. The summed E-state index contributed by atoms with van der Waals surface area (Å²) in [7, 11) is 3.59. The molecule has 124 valence electrons. The van der Waals surface area contributed by atoms with Crippen LogP contribution in [0.15, 0.2) is 46.7 Å². The SMILES string of the molecule is CNC(=O)c1ccc(CN(C)Cc2cc(=O)n3ccsc3n2)cc1. The first-order valence-corrected chi connectivity index (χ1v) is 8.40. The fraction of sp³-hybridized carbons (Fsp3) is 0.235. The van der Waals surface area contributed by atoms with Gasteiger partial charge in [-0.05, 0) is 24.7 Å². The minimum Gasteiger partial charge on any atom is -0.355 e. The average Bonchev–Trinajstić information content (AvgIpc) is 3.03. The maximum Gasteiger partial charge on any atom is 0.258 e. The van der Waals surface area contributed by atoms with Gasteiger partial charge in [0, 0.05) is 43.3 Å². The lowest BCUT2D eigenvalue weighted by molar-refractivity contribution is 0.0963. The van der Waals surface area contributed by atoms with Gasteiger partial charge >= 0.3 is 0 Å². The van der Waals surface area contributed by atoms with E-state index in [0.29, 0.717) is 23.6 Å². The van der Waals surface area contributed by atoms with E-state index < -0.39 is 0 Å². The zero-order valence-corrected chi connectivity index (χ0v) is 14.3. The van der Waals surface area contributed by atoms with Gasteiger partial charge in [-0.2, -0.15) is 0 Å². The molecule has 2 aromatic heterocycles. The van der Waals surface area contributed by atoms with Gasteiger partial charge in [-0.1, -0.05) is 12.1 Å². The lowest BCUT2D eigenvalue weighted by Crippen LogP contribution is -2.21. The van der Waals surface area contributed by atoms with E-state index in [2.05, 4.69) is 15.2 Å². The quantitative estimate of drug-likeness (QED) is 0.767. The molecular formula is C17H18N4O2S. The summed E-state index contributed by atoms with van der Waals surface area (Å²) in [5.74, 6) is -0.0937. The normalized spacial score (nSPS) is 11.1. The second-order valence-corrected chi connectivity index (χ2v) is 6.46. The first-order chi connectivity index (χ1) is 11.6. The second-order valence-electron chi connectivity index (χ2n) is 5.59. The molecule has 0 unspecified atom stereocenters. The van der Waals surface area contributed by atoms with Crippen LogP contribution >= 0.6 is 11.3 Å². The summed E-state index contributed by atoms with van der Waals surface area (Å²) in [4.78, 5) is 30.9. The van der Waals surface area contributed by atoms with E-state index in [1.807, 2.05) is 36.7 Å². The summed E-state index contributed by atoms with van der Waals surface area (Å²) >= 11 is 1.45. The van der Waals surface area contributed by atoms with E-state index in [-0.39, 0.29) is 11.5 Å². The molecule has 0 spiro atoms. The van der Waals surface area contributed by atoms with Gasteiger partial charge in [0.05, 0.1) is 5.69 Å². The Morgan fingerprint density at radius 1 is 1.29 bits per heavy atom. The highest BCUT2D eigenvalue weighted by molar-refractivity contribution is 7.15. The van der Waals surface area contributed by atoms with Gasteiger partial charge in [0.25, 0.3) is 11.5 Å². The molecule has 0 atom stereocenters. The van der Waals surface area contributed by atoms with Crippen molar-refractivity contribution in [1.29, 1.82) is 0 Å². The summed E-state index contributed by atoms with van der Waals surface area (Å²) in [5.41, 5.74) is 2.44. The summed E-state index contributed by atoms with van der Waals surface area (Å²) in [5, 5.41) is 4.46. The average molecular weight is 342 g/mol. The van der Waals surface area contributed by atoms with Crippen molar-refractivity contribution in [3.05, 3.63) is 69.1 Å². The monoisotopic (exact) mass is 342 g/mol. The molecule has 3 aromatic rings. The second kappa shape index (κ2) is 6.94. The van der Waals surface area contributed by atoms with Crippen molar-refractivity contribution in [2.45, 2.75) is 13.1 Å². The molecule has 0 saturated heterocycles. The van der Waals surface area contributed by atoms with Gasteiger partial charge in [0.2, 0.25) is 0 Å². The van der Waals surface area contributed by atoms with E-state index in [1.54, 1.807) is 23.7 Å². The summed E-state index contributed by atoms with van der Waals surface area (Å²) < 4.78 is 1.55. The Hall–Kier alpha value is -2.51. The highest BCUT2D eigenvalue weighted by atomic mass is 32.1. The molecule has 7 heteroatoms. The van der Waals surface area contributed by atoms with E-state index in [0.717, 1.165) is 11.3 Å². The van der Waals surface area contributed by atoms with Gasteiger partial charge in [-0.15, -0.1) is 11.3 Å². The number of nitrogens with zero attached hydrogens (tertiary/aromatic N) is 3. The van der Waals surface area contributed by atoms with Crippen molar-refractivity contribution in [2.75, 3.05) is 14.1 Å². The molecule has 6 nitrogen and oxygen atoms in total. The Balaban J connectivity index is 1.69. The number of hydrogen-bond acceptors (Lipinski definition) is 5. The maximum absolute atomic E-state index is 12.0. The largest absolute Gasteiger partial charge is 0.355 e. The number of aromatic nitrogens is 2. The molecule has 0 radical (unpaired) electrons. The Morgan fingerprint density at radius 2 is 2.04 bits per heavy atom. The Labute approximate surface area is 143 Å². The topological polar surface area (TPSA) is 66.7 Å². The number of nitrogens with one attached hydrogen (secondary N) is 1. The molecule has 0 bridgehead atoms. The van der Waals surface area contributed by atoms with Crippen LogP contribution < -0.4 is 10.9 Å². The fourth-order valence-electron chi connectivity index (χ4n) is 2.52. The maximum atomic E-state index is 12.0. The van der Waals surface area contributed by atoms with Gasteiger partial charge in [0.1, 0.15) is 0 Å². The third-order valence-corrected chi connectivity index (χ3v) is 4.44. The number of rotatable bonds is 5. The highest BCUT2D eigenvalue weighted by Crippen LogP contribution is 2.11. The van der Waals surface area contributed by atoms with Gasteiger partial charge in [-0.25, -0.2) is 4.98 Å². The van der Waals surface area contributed by atoms with E-state index >= 15 is 0 Å². The number of carbonyl (C=O) groups is 1. The number of carbonyl (C=O) groups excluding carboxylic acids is 1. The predicted molar refractivity (Wildman–Crippen MR) is 94.3 cm³/mol. The van der Waals surface area contributed by atoms with E-state index in [4.69, 9.17) is 0 Å². The van der Waals surface area contributed by atoms with Gasteiger partial charge in [0.15, 0.2) is 4.96 Å². The van der Waals surface area contributed by atoms with E-state index in [1.165, 1.54) is 11.3 Å². The third kappa shape index (κ3) is 3.52. The van der Waals surface area contributed by atoms with Crippen LogP contribution in [0.3, 0.4) is 0 Å². The van der Waals surface area contributed by atoms with Crippen LogP contribution in [0.25, 0.3) is 4.96 Å². The molecular weight excluding hydrogens is 324 g/mol. The lowest BCUT2D eigenvalue weighted by atomic mass is 10.1. The van der Waals surface area contributed by atoms with Crippen LogP contribution in [0.2, 0.25) is 0 Å². The van der Waals surface area contributed by atoms with Crippen molar-refractivity contribution in [3.8, 4) is 0 Å². The van der Waals surface area contributed by atoms with Crippen LogP contribution in [0.5, 0.6) is 0 Å². The van der Waals surface area contributed by atoms with Crippen LogP contribution in [0.4, 0.5) is 0 Å². The summed E-state index contributed by atoms with van der Waals surface area (Å²) in [6.07, 6.45) is 1.73. The predicted octanol–water partition coefficient (Wildman–Crippen LogP) is 1.75. The van der Waals surface area contributed by atoms with Crippen molar-refractivity contribution in [2.24, 2.45) is 0 Å². The standard InChI is InChI=1S/C17H18N4O2S/c1-18-16(23)13-5-3-12(4-6-13)10-20(2)11-14-9-15(22)21-7-8-24-17(21)19-14/h3-9H,10-11H2,1-2H3,(H,18,23). The molecule has 0 saturated carbocycles. The zero-order valence-electron chi connectivity index (χ0n) is 13.5. The molecule has 3 rings (SSSR count). The number of thiazole rings is 1. The molecule has 1 amide bonds. The van der Waals surface area contributed by atoms with Gasteiger partial charge in [-0.3, -0.25) is 18.9 Å². The summed E-state index contributed by atoms with van der Waals surface area (Å²) in [6.45, 7) is 1.29. The number of hydrogen-bond donors (Lipinski definition) is 1. The van der Waals surface area contributed by atoms with Crippen molar-refractivity contribution >= 4 is 22.2 Å². The molecule has 1 aromatic carbocycles. The highest BCUT2D eigenvalue weighted by Gasteiger charge is 2.08. The number of fused-ring (bicyclic) bond motifs is 1. The molecule has 0 aliphatic carbocycles. The molecule has 1 N–H and O–H groups in total. The van der Waals surface area contributed by atoms with E-state index in [9.17, 15) is 9.59 Å². The molecule has 0 aliphatic heterocycles. The third-order valence-electron chi connectivity index (χ3n) is 3.68. The van der Waals surface area contributed by atoms with Crippen molar-refractivity contribution in [3.63, 3.8) is 0 Å². The first-order valence-electron chi connectivity index (χ1n) is 7.52. The van der Waals surface area contributed by atoms with Crippen LogP contribution in [-0.4, -0.2) is 34.3 Å². The Bertz CT molecular complexity index is 914. The number of benzene rings is 1. The zero-order chi connectivity index (χ0) is 17.1. The van der Waals surface area contributed by atoms with Crippen molar-refractivity contribution in [1.82, 2.24) is 19.6 Å². The Kier molecular flexibility index (Phi) is 4.73. The Morgan fingerprint density at radius 3 is 2.75 bits per heavy atom. The smallest absolute Gasteiger partial charge is 0.258 e. The minimum absolute atomic E-state index is 0.0559.